The van der Waals surface area contributed by atoms with Crippen LogP contribution in [0.5, 0.6) is 0 Å². The second kappa shape index (κ2) is 7.06. The zero-order chi connectivity index (χ0) is 18.7. The van der Waals surface area contributed by atoms with Gasteiger partial charge in [-0.25, -0.2) is 4.79 Å². The molecule has 0 aliphatic carbocycles. The van der Waals surface area contributed by atoms with Crippen molar-refractivity contribution >= 4 is 40.3 Å². The number of benzene rings is 2. The smallest absolute Gasteiger partial charge is 0.335 e. The van der Waals surface area contributed by atoms with E-state index < -0.39 is 11.9 Å². The minimum absolute atomic E-state index is 0.0112. The van der Waals surface area contributed by atoms with E-state index in [1.165, 1.54) is 31.2 Å². The number of carbonyl (C=O) groups is 3. The molecular formula is C20H16N2O4. The zero-order valence-electron chi connectivity index (χ0n) is 13.9. The monoisotopic (exact) mass is 348 g/mol. The van der Waals surface area contributed by atoms with Crippen LogP contribution in [-0.4, -0.2) is 27.8 Å². The summed E-state index contributed by atoms with van der Waals surface area (Å²) in [7, 11) is 0. The number of ketones is 1. The minimum atomic E-state index is -1.05. The van der Waals surface area contributed by atoms with E-state index in [9.17, 15) is 14.4 Å². The first-order chi connectivity index (χ1) is 12.5. The highest BCUT2D eigenvalue weighted by Gasteiger charge is 2.16. The number of carboxylic acid groups (broad SMARTS) is 1. The van der Waals surface area contributed by atoms with Crippen molar-refractivity contribution in [3.8, 4) is 0 Å². The average Bonchev–Trinajstić information content (AvgIpc) is 3.02. The van der Waals surface area contributed by atoms with E-state index in [2.05, 4.69) is 10.3 Å². The van der Waals surface area contributed by atoms with Crippen molar-refractivity contribution in [2.24, 2.45) is 0 Å². The number of hydrogen-bond donors (Lipinski definition) is 3. The van der Waals surface area contributed by atoms with Gasteiger partial charge in [-0.2, -0.15) is 0 Å². The number of H-pyrrole nitrogens is 1. The molecule has 0 saturated heterocycles. The number of carbonyl (C=O) groups excluding carboxylic acids is 2. The Labute approximate surface area is 149 Å². The molecule has 3 aromatic rings. The molecule has 0 aliphatic heterocycles. The molecule has 0 radical (unpaired) electrons. The van der Waals surface area contributed by atoms with Gasteiger partial charge in [-0.05, 0) is 43.3 Å². The van der Waals surface area contributed by atoms with Crippen LogP contribution in [0.1, 0.15) is 22.8 Å². The highest BCUT2D eigenvalue weighted by atomic mass is 16.4. The minimum Gasteiger partial charge on any atom is -0.478 e. The topological polar surface area (TPSA) is 99.3 Å². The number of para-hydroxylation sites is 1. The molecule has 2 aromatic carbocycles. The summed E-state index contributed by atoms with van der Waals surface area (Å²) >= 11 is 0. The lowest BCUT2D eigenvalue weighted by Gasteiger charge is -2.07. The second-order valence-electron chi connectivity index (χ2n) is 5.74. The predicted octanol–water partition coefficient (Wildman–Crippen LogP) is 3.48. The Morgan fingerprint density at radius 3 is 2.38 bits per heavy atom. The van der Waals surface area contributed by atoms with E-state index >= 15 is 0 Å². The number of anilines is 1. The van der Waals surface area contributed by atoms with Crippen LogP contribution in [0.15, 0.2) is 60.3 Å². The summed E-state index contributed by atoms with van der Waals surface area (Å²) < 4.78 is 0. The van der Waals surface area contributed by atoms with Gasteiger partial charge in [0.25, 0.3) is 5.91 Å². The molecule has 0 spiro atoms. The molecule has 6 heteroatoms. The van der Waals surface area contributed by atoms with Gasteiger partial charge in [0, 0.05) is 28.4 Å². The molecule has 3 N–H and O–H groups in total. The van der Waals surface area contributed by atoms with Crippen LogP contribution < -0.4 is 5.32 Å². The number of fused-ring (bicyclic) bond motifs is 1. The largest absolute Gasteiger partial charge is 0.478 e. The molecule has 26 heavy (non-hydrogen) atoms. The van der Waals surface area contributed by atoms with Gasteiger partial charge in [-0.1, -0.05) is 18.2 Å². The van der Waals surface area contributed by atoms with E-state index in [1.807, 2.05) is 24.3 Å². The number of aromatic carboxylic acids is 1. The van der Waals surface area contributed by atoms with E-state index in [0.717, 1.165) is 16.5 Å². The Bertz CT molecular complexity index is 1030. The standard InChI is InChI=1S/C20H16N2O4/c1-12(23)17(10-14-11-21-18-5-3-2-4-16(14)18)19(24)22-15-8-6-13(7-9-15)20(25)26/h2-11,21H,1H3,(H,22,24)(H,25,26). The van der Waals surface area contributed by atoms with Crippen molar-refractivity contribution in [1.29, 1.82) is 0 Å². The van der Waals surface area contributed by atoms with Crippen molar-refractivity contribution < 1.29 is 19.5 Å². The van der Waals surface area contributed by atoms with Crippen molar-refractivity contribution in [1.82, 2.24) is 4.98 Å². The highest BCUT2D eigenvalue weighted by molar-refractivity contribution is 6.26. The number of aromatic amines is 1. The number of carboxylic acids is 1. The summed E-state index contributed by atoms with van der Waals surface area (Å²) in [6.07, 6.45) is 3.28. The van der Waals surface area contributed by atoms with Gasteiger partial charge in [0.1, 0.15) is 0 Å². The maximum atomic E-state index is 12.5. The summed E-state index contributed by atoms with van der Waals surface area (Å²) in [4.78, 5) is 38.4. The quantitative estimate of drug-likeness (QED) is 0.373. The fourth-order valence-corrected chi connectivity index (χ4v) is 2.59. The molecule has 0 aliphatic rings. The summed E-state index contributed by atoms with van der Waals surface area (Å²) in [5, 5.41) is 12.4. The van der Waals surface area contributed by atoms with Crippen LogP contribution in [0.3, 0.4) is 0 Å². The van der Waals surface area contributed by atoms with Crippen LogP contribution in [-0.2, 0) is 9.59 Å². The molecule has 1 amide bonds. The number of nitrogens with one attached hydrogen (secondary N) is 2. The van der Waals surface area contributed by atoms with Crippen molar-refractivity contribution in [3.05, 3.63) is 71.4 Å². The Balaban J connectivity index is 1.88. The first kappa shape index (κ1) is 17.2. The van der Waals surface area contributed by atoms with Crippen LogP contribution >= 0.6 is 0 Å². The van der Waals surface area contributed by atoms with Crippen molar-refractivity contribution in [2.75, 3.05) is 5.32 Å². The molecule has 1 aromatic heterocycles. The zero-order valence-corrected chi connectivity index (χ0v) is 13.9. The molecule has 3 rings (SSSR count). The molecule has 0 saturated carbocycles. The fraction of sp³-hybridized carbons (Fsp3) is 0.0500. The SMILES string of the molecule is CC(=O)C(=Cc1c[nH]c2ccccc12)C(=O)Nc1ccc(C(=O)O)cc1. The van der Waals surface area contributed by atoms with Gasteiger partial charge < -0.3 is 15.4 Å². The predicted molar refractivity (Wildman–Crippen MR) is 99.0 cm³/mol. The molecule has 0 bridgehead atoms. The first-order valence-electron chi connectivity index (χ1n) is 7.89. The summed E-state index contributed by atoms with van der Waals surface area (Å²) in [6.45, 7) is 1.33. The van der Waals surface area contributed by atoms with Crippen LogP contribution in [0, 0.1) is 0 Å². The number of aromatic nitrogens is 1. The molecule has 1 heterocycles. The molecule has 6 nitrogen and oxygen atoms in total. The fourth-order valence-electron chi connectivity index (χ4n) is 2.59. The number of amides is 1. The van der Waals surface area contributed by atoms with E-state index in [4.69, 9.17) is 5.11 Å². The van der Waals surface area contributed by atoms with E-state index in [-0.39, 0.29) is 16.9 Å². The Hall–Kier alpha value is -3.67. The normalized spacial score (nSPS) is 11.3. The lowest BCUT2D eigenvalue weighted by Crippen LogP contribution is -2.19. The summed E-state index contributed by atoms with van der Waals surface area (Å²) in [5.41, 5.74) is 2.18. The van der Waals surface area contributed by atoms with Gasteiger partial charge in [-0.15, -0.1) is 0 Å². The summed E-state index contributed by atoms with van der Waals surface area (Å²) in [5.74, 6) is -1.97. The molecular weight excluding hydrogens is 332 g/mol. The van der Waals surface area contributed by atoms with E-state index in [0.29, 0.717) is 5.69 Å². The van der Waals surface area contributed by atoms with Crippen molar-refractivity contribution in [3.63, 3.8) is 0 Å². The maximum Gasteiger partial charge on any atom is 0.335 e. The third kappa shape index (κ3) is 3.54. The Morgan fingerprint density at radius 2 is 1.73 bits per heavy atom. The number of Topliss-reactive ketones (excluding diaryl/α,β-unsaturated/α-hetero) is 1. The molecule has 0 unspecified atom stereocenters. The van der Waals surface area contributed by atoms with Gasteiger partial charge in [0.15, 0.2) is 5.78 Å². The lowest BCUT2D eigenvalue weighted by molar-refractivity contribution is -0.118. The Morgan fingerprint density at radius 1 is 1.04 bits per heavy atom. The van der Waals surface area contributed by atoms with Crippen LogP contribution in [0.25, 0.3) is 17.0 Å². The Kier molecular flexibility index (Phi) is 4.66. The summed E-state index contributed by atoms with van der Waals surface area (Å²) in [6, 6.07) is 13.3. The third-order valence-electron chi connectivity index (χ3n) is 3.93. The van der Waals surface area contributed by atoms with Gasteiger partial charge in [-0.3, -0.25) is 9.59 Å². The van der Waals surface area contributed by atoms with Crippen LogP contribution in [0.4, 0.5) is 5.69 Å². The van der Waals surface area contributed by atoms with Gasteiger partial charge >= 0.3 is 5.97 Å². The second-order valence-corrected chi connectivity index (χ2v) is 5.74. The van der Waals surface area contributed by atoms with Crippen molar-refractivity contribution in [2.45, 2.75) is 6.92 Å². The lowest BCUT2D eigenvalue weighted by atomic mass is 10.1. The average molecular weight is 348 g/mol. The highest BCUT2D eigenvalue weighted by Crippen LogP contribution is 2.21. The number of hydrogen-bond acceptors (Lipinski definition) is 3. The molecule has 130 valence electrons. The number of rotatable bonds is 5. The third-order valence-corrected chi connectivity index (χ3v) is 3.93. The van der Waals surface area contributed by atoms with E-state index in [1.54, 1.807) is 12.3 Å². The van der Waals surface area contributed by atoms with Gasteiger partial charge in [0.2, 0.25) is 0 Å². The molecule has 0 fully saturated rings. The van der Waals surface area contributed by atoms with Gasteiger partial charge in [0.05, 0.1) is 11.1 Å². The maximum absolute atomic E-state index is 12.5. The molecule has 0 atom stereocenters. The van der Waals surface area contributed by atoms with Crippen LogP contribution in [0.2, 0.25) is 0 Å². The first-order valence-corrected chi connectivity index (χ1v) is 7.89.